The third-order valence-electron chi connectivity index (χ3n) is 21.0. The Morgan fingerprint density at radius 1 is 0.316 bits per heavy atom. The summed E-state index contributed by atoms with van der Waals surface area (Å²) in [7, 11) is 0. The summed E-state index contributed by atoms with van der Waals surface area (Å²) >= 11 is 5.62. The van der Waals surface area contributed by atoms with Crippen LogP contribution in [0.3, 0.4) is 0 Å². The first-order chi connectivity index (χ1) is 62.0. The molecular formula is C124H203ClF6N2. The van der Waals surface area contributed by atoms with Crippen molar-refractivity contribution in [2.24, 2.45) is 106 Å². The molecule has 0 spiro atoms. The Balaban J connectivity index is -0.000000678. The van der Waals surface area contributed by atoms with Gasteiger partial charge in [0, 0.05) is 17.6 Å². The Hall–Kier alpha value is -6.51. The summed E-state index contributed by atoms with van der Waals surface area (Å²) in [5.74, 6) is 12.5. The van der Waals surface area contributed by atoms with E-state index < -0.39 is 0 Å². The van der Waals surface area contributed by atoms with Crippen LogP contribution in [-0.4, -0.2) is 9.97 Å². The zero-order valence-corrected chi connectivity index (χ0v) is 93.3. The van der Waals surface area contributed by atoms with Crippen LogP contribution in [0, 0.1) is 162 Å². The van der Waals surface area contributed by atoms with Crippen LogP contribution in [0.2, 0.25) is 5.02 Å². The second kappa shape index (κ2) is 79.4. The number of benzene rings is 6. The minimum Gasteiger partial charge on any atom is -0.261 e. The van der Waals surface area contributed by atoms with Crippen LogP contribution in [0.4, 0.5) is 26.3 Å². The fourth-order valence-electron chi connectivity index (χ4n) is 14.0. The van der Waals surface area contributed by atoms with E-state index in [9.17, 15) is 26.3 Å². The lowest BCUT2D eigenvalue weighted by Gasteiger charge is -2.18. The lowest BCUT2D eigenvalue weighted by atomic mass is 9.88. The van der Waals surface area contributed by atoms with Crippen LogP contribution in [0.1, 0.15) is 394 Å². The van der Waals surface area contributed by atoms with E-state index in [1.807, 2.05) is 66.9 Å². The smallest absolute Gasteiger partial charge is 0.141 e. The molecule has 10 rings (SSSR count). The van der Waals surface area contributed by atoms with Gasteiger partial charge in [-0.3, -0.25) is 9.97 Å². The van der Waals surface area contributed by atoms with Crippen molar-refractivity contribution in [3.63, 3.8) is 0 Å². The van der Waals surface area contributed by atoms with Gasteiger partial charge < -0.3 is 0 Å². The van der Waals surface area contributed by atoms with Gasteiger partial charge in [0.2, 0.25) is 0 Å². The molecule has 2 aliphatic rings. The fraction of sp³-hybridized carbons (Fsp3) is 0.629. The quantitative estimate of drug-likeness (QED) is 0.0480. The van der Waals surface area contributed by atoms with Crippen LogP contribution in [0.5, 0.6) is 0 Å². The number of nitrogens with zero attached hydrogens (tertiary/aromatic N) is 2. The van der Waals surface area contributed by atoms with Gasteiger partial charge in [-0.05, 0) is 308 Å². The molecule has 0 N–H and O–H groups in total. The second-order valence-electron chi connectivity index (χ2n) is 45.0. The molecule has 133 heavy (non-hydrogen) atoms. The Bertz CT molecular complexity index is 3610. The molecule has 2 aliphatic carbocycles. The first-order valence-electron chi connectivity index (χ1n) is 52.0. The molecule has 0 amide bonds. The highest BCUT2D eigenvalue weighted by Crippen LogP contribution is 2.35. The molecule has 0 atom stereocenters. The van der Waals surface area contributed by atoms with Gasteiger partial charge in [-0.1, -0.05) is 422 Å². The van der Waals surface area contributed by atoms with Gasteiger partial charge in [0.1, 0.15) is 34.9 Å². The van der Waals surface area contributed by atoms with Gasteiger partial charge in [0.05, 0.1) is 11.2 Å². The molecule has 8 aromatic rings. The SMILES string of the molecule is CC(C)C1CCCC1.CC(C)CC(C)C.CC(C)CCC(C)(C)C.CC(C)CCC(C)C.CC(C)CCC1CC1.CC(C)Cc1ccc(F)c(Cl)c1.CC(C)Cc1ccc(F)cc1.CC(C)Cc1ccc(F)cn1.CC(C)Cc1ccccc1.CC(C)Cc1ccccn1.CCC.Cc1cc(CC(C)C)ccc1F.Cc1cc(CC(C)C)ccc1F.Cc1ccc(CC(C)C)cc1F. The molecule has 2 fully saturated rings. The number of pyridine rings is 2. The van der Waals surface area contributed by atoms with Gasteiger partial charge in [-0.15, -0.1) is 0 Å². The molecule has 0 aliphatic heterocycles. The molecular weight excluding hydrogens is 1670 g/mol. The van der Waals surface area contributed by atoms with Crippen LogP contribution < -0.4 is 0 Å². The standard InChI is InChI=1S/3C11H15F.C10H12ClF.C10H13F.C10H14.C9H12FN.C9H13N.C9H20.2C8H16.C8H18.C7H16.C3H8/c2*1-8(2)6-10-4-5-11(12)9(3)7-10;1-8(2)6-10-5-4-9(3)11(12)7-10;1-7(2)5-8-3-4-10(12)9(11)6-8;1-8(2)7-9-3-5-10(11)6-4-9;1-9(2)8-10-6-4-3-5-7-10;1-7(2)5-9-4-3-8(10)6-11-9;1-8(2)7-9-5-3-4-6-10-9;1-8(2)6-7-9(3,4)5;1-7(2)3-4-8-5-6-8;1-7(2)8-5-3-4-6-8;1-7(2)5-6-8(3)4;1-6(2)5-7(3)4;1-3-2/h3*4-5,7-8H,6H2,1-3H3;3-4,6-7H,5H2,1-2H3;3-6,8H,7H2,1-2H3;3-7,9H,8H2,1-2H3;3-4,6-7H,5H2,1-2H3;3-6,8H,7H2,1-2H3;8H,6-7H2,1-5H3;2*7-8H,3-6H2,1-2H3;7-8H,5-6H2,1-4H3;6-7H,5H2,1-4H3;3H2,1-2H3. The lowest BCUT2D eigenvalue weighted by molar-refractivity contribution is 0.338. The molecule has 758 valence electrons. The maximum atomic E-state index is 13.0. The van der Waals surface area contributed by atoms with Crippen molar-refractivity contribution in [2.75, 3.05) is 0 Å². The molecule has 9 heteroatoms. The molecule has 2 aromatic heterocycles. The van der Waals surface area contributed by atoms with Crippen molar-refractivity contribution < 1.29 is 26.3 Å². The van der Waals surface area contributed by atoms with Crippen LogP contribution in [0.15, 0.2) is 170 Å². The summed E-state index contributed by atoms with van der Waals surface area (Å²) in [6.07, 6.45) is 31.4. The van der Waals surface area contributed by atoms with E-state index >= 15 is 0 Å². The normalized spacial score (nSPS) is 12.0. The molecule has 2 heterocycles. The number of rotatable bonds is 27. The number of aryl methyl sites for hydroxylation is 3. The highest BCUT2D eigenvalue weighted by molar-refractivity contribution is 6.30. The molecule has 2 nitrogen and oxygen atoms in total. The predicted octanol–water partition coefficient (Wildman–Crippen LogP) is 40.6. The van der Waals surface area contributed by atoms with Crippen molar-refractivity contribution in [3.8, 4) is 0 Å². The van der Waals surface area contributed by atoms with Crippen LogP contribution in [0.25, 0.3) is 0 Å². The second-order valence-corrected chi connectivity index (χ2v) is 45.4. The van der Waals surface area contributed by atoms with Crippen molar-refractivity contribution >= 4 is 11.6 Å². The molecule has 6 aromatic carbocycles. The van der Waals surface area contributed by atoms with Crippen molar-refractivity contribution in [1.29, 1.82) is 0 Å². The van der Waals surface area contributed by atoms with Crippen molar-refractivity contribution in [3.05, 3.63) is 272 Å². The first kappa shape index (κ1) is 133. The Labute approximate surface area is 824 Å². The maximum absolute atomic E-state index is 13.0. The average Bonchev–Trinajstić information content (AvgIpc) is 1.80. The minimum atomic E-state index is -0.343. The van der Waals surface area contributed by atoms with E-state index in [0.29, 0.717) is 46.8 Å². The highest BCUT2D eigenvalue weighted by Gasteiger charge is 2.21. The van der Waals surface area contributed by atoms with Gasteiger partial charge in [0.25, 0.3) is 0 Å². The number of hydrogen-bond acceptors (Lipinski definition) is 2. The van der Waals surface area contributed by atoms with E-state index in [1.165, 1.54) is 155 Å². The molecule has 2 saturated carbocycles. The van der Waals surface area contributed by atoms with E-state index in [1.54, 1.807) is 57.2 Å². The number of halogens is 7. The Kier molecular flexibility index (Phi) is 79.3. The predicted molar refractivity (Wildman–Crippen MR) is 581 cm³/mol. The third-order valence-corrected chi connectivity index (χ3v) is 21.3. The molecule has 0 bridgehead atoms. The monoisotopic (exact) mass is 1870 g/mol. The third kappa shape index (κ3) is 88.0. The topological polar surface area (TPSA) is 25.8 Å². The summed E-state index contributed by atoms with van der Waals surface area (Å²) in [4.78, 5) is 8.16. The summed E-state index contributed by atoms with van der Waals surface area (Å²) in [5.41, 5.74) is 12.2. The van der Waals surface area contributed by atoms with Gasteiger partial charge in [0.15, 0.2) is 0 Å². The number of hydrogen-bond donors (Lipinski definition) is 0. The van der Waals surface area contributed by atoms with Gasteiger partial charge >= 0.3 is 0 Å². The van der Waals surface area contributed by atoms with Crippen LogP contribution >= 0.6 is 11.6 Å². The first-order valence-corrected chi connectivity index (χ1v) is 52.3. The van der Waals surface area contributed by atoms with E-state index in [-0.39, 0.29) is 39.9 Å². The van der Waals surface area contributed by atoms with E-state index in [4.69, 9.17) is 11.6 Å². The summed E-state index contributed by atoms with van der Waals surface area (Å²) in [6, 6.07) is 47.6. The largest absolute Gasteiger partial charge is 0.261 e. The molecule has 0 saturated heterocycles. The van der Waals surface area contributed by atoms with E-state index in [2.05, 4.69) is 289 Å². The van der Waals surface area contributed by atoms with Crippen molar-refractivity contribution in [2.45, 2.75) is 404 Å². The summed E-state index contributed by atoms with van der Waals surface area (Å²) < 4.78 is 76.2. The molecule has 0 unspecified atom stereocenters. The summed E-state index contributed by atoms with van der Waals surface area (Å²) in [5, 5.41) is 0.216. The van der Waals surface area contributed by atoms with E-state index in [0.717, 1.165) is 138 Å². The maximum Gasteiger partial charge on any atom is 0.141 e. The lowest BCUT2D eigenvalue weighted by Crippen LogP contribution is -2.05. The summed E-state index contributed by atoms with van der Waals surface area (Å²) in [6.45, 7) is 83.2. The Morgan fingerprint density at radius 3 is 0.962 bits per heavy atom. The highest BCUT2D eigenvalue weighted by atomic mass is 35.5. The fourth-order valence-corrected chi connectivity index (χ4v) is 14.2. The zero-order valence-electron chi connectivity index (χ0n) is 92.6. The molecule has 0 radical (unpaired) electrons. The van der Waals surface area contributed by atoms with Crippen molar-refractivity contribution in [1.82, 2.24) is 9.97 Å². The Morgan fingerprint density at radius 2 is 0.662 bits per heavy atom. The average molecular weight is 1870 g/mol. The minimum absolute atomic E-state index is 0.0897. The van der Waals surface area contributed by atoms with Gasteiger partial charge in [-0.2, -0.15) is 0 Å². The zero-order chi connectivity index (χ0) is 102. The van der Waals surface area contributed by atoms with Crippen LogP contribution in [-0.2, 0) is 51.4 Å². The number of aromatic nitrogens is 2. The van der Waals surface area contributed by atoms with Gasteiger partial charge in [-0.25, -0.2) is 26.3 Å².